The summed E-state index contributed by atoms with van der Waals surface area (Å²) in [6.07, 6.45) is 2.69. The predicted octanol–water partition coefficient (Wildman–Crippen LogP) is 2.09. The molecule has 0 atom stereocenters. The van der Waals surface area contributed by atoms with Gasteiger partial charge in [-0.3, -0.25) is 34.4 Å². The van der Waals surface area contributed by atoms with E-state index in [4.69, 9.17) is 0 Å². The molecule has 2 aromatic heterocycles. The number of para-hydroxylation sites is 2. The van der Waals surface area contributed by atoms with Crippen LogP contribution in [-0.4, -0.2) is 30.7 Å². The quantitative estimate of drug-likeness (QED) is 0.298. The molecular formula is C25H28N6O4. The van der Waals surface area contributed by atoms with E-state index >= 15 is 0 Å². The minimum atomic E-state index is -0.624. The highest BCUT2D eigenvalue weighted by Crippen LogP contribution is 2.14. The highest BCUT2D eigenvalue weighted by molar-refractivity contribution is 6.05. The van der Waals surface area contributed by atoms with Crippen molar-refractivity contribution in [2.24, 2.45) is 7.05 Å². The number of carbonyl (C=O) groups is 2. The van der Waals surface area contributed by atoms with Crippen molar-refractivity contribution < 1.29 is 9.59 Å². The van der Waals surface area contributed by atoms with E-state index in [1.807, 2.05) is 24.3 Å². The second-order valence-corrected chi connectivity index (χ2v) is 8.36. The van der Waals surface area contributed by atoms with Crippen LogP contribution in [0.15, 0.2) is 58.1 Å². The topological polar surface area (TPSA) is 120 Å². The Hall–Kier alpha value is -4.21. The lowest BCUT2D eigenvalue weighted by Crippen LogP contribution is -2.43. The van der Waals surface area contributed by atoms with Gasteiger partial charge < -0.3 is 0 Å². The molecule has 0 unspecified atom stereocenters. The Balaban J connectivity index is 1.47. The van der Waals surface area contributed by atoms with Crippen LogP contribution in [-0.2, 0) is 24.9 Å². The van der Waals surface area contributed by atoms with E-state index in [1.165, 1.54) is 13.8 Å². The SMILES string of the molecule is CCCCCn1nc(C(=O)NNC(=O)CCn2c(=O)n(C)c3ccccc32)c2ccccc2c1=O. The second-order valence-electron chi connectivity index (χ2n) is 8.36. The van der Waals surface area contributed by atoms with E-state index in [0.717, 1.165) is 30.3 Å². The smallest absolute Gasteiger partial charge is 0.295 e. The van der Waals surface area contributed by atoms with Crippen molar-refractivity contribution in [3.05, 3.63) is 75.1 Å². The molecule has 0 fully saturated rings. The average molecular weight is 477 g/mol. The first-order chi connectivity index (χ1) is 16.9. The first-order valence-electron chi connectivity index (χ1n) is 11.7. The summed E-state index contributed by atoms with van der Waals surface area (Å²) in [5.74, 6) is -1.08. The van der Waals surface area contributed by atoms with Crippen LogP contribution < -0.4 is 22.1 Å². The number of carbonyl (C=O) groups excluding carboxylic acids is 2. The molecule has 10 nitrogen and oxygen atoms in total. The number of nitrogens with one attached hydrogen (secondary N) is 2. The molecule has 0 bridgehead atoms. The zero-order valence-corrected chi connectivity index (χ0v) is 19.8. The standard InChI is InChI=1S/C25H28N6O4/c1-3-4-9-15-31-24(34)18-11-6-5-10-17(18)22(28-31)23(33)27-26-21(32)14-16-30-20-13-8-7-12-19(20)29(2)25(30)35/h5-8,10-13H,3-4,9,14-16H2,1-2H3,(H,26,32)(H,27,33). The molecular weight excluding hydrogens is 448 g/mol. The second kappa shape index (κ2) is 10.4. The summed E-state index contributed by atoms with van der Waals surface area (Å²) in [5.41, 5.74) is 5.88. The average Bonchev–Trinajstić information content (AvgIpc) is 3.12. The van der Waals surface area contributed by atoms with Gasteiger partial charge in [-0.25, -0.2) is 9.48 Å². The lowest BCUT2D eigenvalue weighted by molar-refractivity contribution is -0.122. The third kappa shape index (κ3) is 4.86. The molecule has 0 saturated carbocycles. The van der Waals surface area contributed by atoms with E-state index in [-0.39, 0.29) is 29.9 Å². The monoisotopic (exact) mass is 476 g/mol. The van der Waals surface area contributed by atoms with Crippen molar-refractivity contribution in [1.29, 1.82) is 0 Å². The Morgan fingerprint density at radius 3 is 2.31 bits per heavy atom. The molecule has 2 N–H and O–H groups in total. The number of amides is 2. The van der Waals surface area contributed by atoms with Crippen LogP contribution in [0.25, 0.3) is 21.8 Å². The molecule has 4 aromatic rings. The maximum absolute atomic E-state index is 12.9. The van der Waals surface area contributed by atoms with Crippen LogP contribution in [0.3, 0.4) is 0 Å². The Morgan fingerprint density at radius 2 is 1.57 bits per heavy atom. The van der Waals surface area contributed by atoms with Gasteiger partial charge in [0.05, 0.1) is 16.4 Å². The summed E-state index contributed by atoms with van der Waals surface area (Å²) >= 11 is 0. The number of hydrazine groups is 1. The third-order valence-corrected chi connectivity index (χ3v) is 5.99. The Bertz CT molecular complexity index is 1510. The molecule has 0 spiro atoms. The Labute approximate surface area is 201 Å². The maximum atomic E-state index is 12.9. The maximum Gasteiger partial charge on any atom is 0.328 e. The van der Waals surface area contributed by atoms with Gasteiger partial charge in [0.1, 0.15) is 0 Å². The number of hydrogen-bond acceptors (Lipinski definition) is 5. The molecule has 0 aliphatic carbocycles. The van der Waals surface area contributed by atoms with Gasteiger partial charge in [0, 0.05) is 31.9 Å². The minimum absolute atomic E-state index is 0.0150. The fourth-order valence-electron chi connectivity index (χ4n) is 4.11. The first kappa shape index (κ1) is 23.9. The largest absolute Gasteiger partial charge is 0.328 e. The van der Waals surface area contributed by atoms with Gasteiger partial charge in [0.2, 0.25) is 5.91 Å². The zero-order valence-electron chi connectivity index (χ0n) is 19.8. The van der Waals surface area contributed by atoms with Crippen LogP contribution in [0.1, 0.15) is 43.1 Å². The first-order valence-corrected chi connectivity index (χ1v) is 11.7. The third-order valence-electron chi connectivity index (χ3n) is 5.99. The molecule has 10 heteroatoms. The van der Waals surface area contributed by atoms with Gasteiger partial charge in [0.15, 0.2) is 5.69 Å². The number of rotatable bonds is 8. The summed E-state index contributed by atoms with van der Waals surface area (Å²) in [4.78, 5) is 50.6. The Morgan fingerprint density at radius 1 is 0.886 bits per heavy atom. The van der Waals surface area contributed by atoms with Crippen molar-refractivity contribution >= 4 is 33.6 Å². The number of unbranched alkanes of at least 4 members (excludes halogenated alkanes) is 2. The molecule has 4 rings (SSSR count). The van der Waals surface area contributed by atoms with Crippen LogP contribution in [0.5, 0.6) is 0 Å². The van der Waals surface area contributed by atoms with Gasteiger partial charge in [0.25, 0.3) is 11.5 Å². The van der Waals surface area contributed by atoms with Crippen LogP contribution in [0.4, 0.5) is 0 Å². The fourth-order valence-corrected chi connectivity index (χ4v) is 4.11. The van der Waals surface area contributed by atoms with Crippen molar-refractivity contribution in [2.45, 2.75) is 45.7 Å². The van der Waals surface area contributed by atoms with Crippen molar-refractivity contribution in [3.63, 3.8) is 0 Å². The molecule has 0 aliphatic rings. The van der Waals surface area contributed by atoms with E-state index in [1.54, 1.807) is 31.3 Å². The van der Waals surface area contributed by atoms with Gasteiger partial charge >= 0.3 is 5.69 Å². The Kier molecular flexibility index (Phi) is 7.09. The zero-order chi connectivity index (χ0) is 24.9. The number of imidazole rings is 1. The molecule has 0 radical (unpaired) electrons. The number of nitrogens with zero attached hydrogens (tertiary/aromatic N) is 4. The molecule has 0 saturated heterocycles. The molecule has 0 aliphatic heterocycles. The summed E-state index contributed by atoms with van der Waals surface area (Å²) in [6, 6.07) is 14.1. The number of aromatic nitrogens is 4. The predicted molar refractivity (Wildman–Crippen MR) is 133 cm³/mol. The minimum Gasteiger partial charge on any atom is -0.295 e. The van der Waals surface area contributed by atoms with Crippen LogP contribution >= 0.6 is 0 Å². The van der Waals surface area contributed by atoms with Crippen molar-refractivity contribution in [2.75, 3.05) is 0 Å². The normalized spacial score (nSPS) is 11.1. The van der Waals surface area contributed by atoms with Gasteiger partial charge in [-0.2, -0.15) is 5.10 Å². The van der Waals surface area contributed by atoms with E-state index < -0.39 is 11.8 Å². The molecule has 2 heterocycles. The summed E-state index contributed by atoms with van der Waals surface area (Å²) in [6.45, 7) is 2.63. The van der Waals surface area contributed by atoms with Crippen LogP contribution in [0.2, 0.25) is 0 Å². The van der Waals surface area contributed by atoms with Crippen LogP contribution in [0, 0.1) is 0 Å². The highest BCUT2D eigenvalue weighted by atomic mass is 16.2. The number of aryl methyl sites for hydroxylation is 3. The number of benzene rings is 2. The van der Waals surface area contributed by atoms with Gasteiger partial charge in [-0.05, 0) is 24.6 Å². The lowest BCUT2D eigenvalue weighted by atomic mass is 10.1. The fraction of sp³-hybridized carbons (Fsp3) is 0.320. The molecule has 2 aromatic carbocycles. The van der Waals surface area contributed by atoms with Gasteiger partial charge in [-0.15, -0.1) is 0 Å². The van der Waals surface area contributed by atoms with Crippen molar-refractivity contribution in [1.82, 2.24) is 29.8 Å². The van der Waals surface area contributed by atoms with Crippen molar-refractivity contribution in [3.8, 4) is 0 Å². The van der Waals surface area contributed by atoms with E-state index in [9.17, 15) is 19.2 Å². The molecule has 35 heavy (non-hydrogen) atoms. The molecule has 182 valence electrons. The summed E-state index contributed by atoms with van der Waals surface area (Å²) < 4.78 is 4.36. The highest BCUT2D eigenvalue weighted by Gasteiger charge is 2.18. The lowest BCUT2D eigenvalue weighted by Gasteiger charge is -2.12. The number of fused-ring (bicyclic) bond motifs is 2. The van der Waals surface area contributed by atoms with E-state index in [0.29, 0.717) is 17.3 Å². The molecule has 2 amide bonds. The van der Waals surface area contributed by atoms with E-state index in [2.05, 4.69) is 22.9 Å². The summed E-state index contributed by atoms with van der Waals surface area (Å²) in [5, 5.41) is 5.09. The summed E-state index contributed by atoms with van der Waals surface area (Å²) in [7, 11) is 1.68. The van der Waals surface area contributed by atoms with Gasteiger partial charge in [-0.1, -0.05) is 50.1 Å². The number of hydrogen-bond donors (Lipinski definition) is 2.